The molecular formula is C25H28F2N8O4S2. The number of hydrogen-bond donors (Lipinski definition) is 1. The molecule has 2 atom stereocenters. The van der Waals surface area contributed by atoms with E-state index in [9.17, 15) is 27.3 Å². The van der Waals surface area contributed by atoms with Crippen molar-refractivity contribution in [1.29, 1.82) is 5.26 Å². The minimum absolute atomic E-state index is 0.0359. The minimum Gasteiger partial charge on any atom is -0.377 e. The second kappa shape index (κ2) is 9.93. The lowest BCUT2D eigenvalue weighted by Gasteiger charge is -2.51. The molecule has 3 aliphatic rings. The van der Waals surface area contributed by atoms with Gasteiger partial charge in [0.15, 0.2) is 10.0 Å². The number of ether oxygens (including phenoxy) is 1. The van der Waals surface area contributed by atoms with Gasteiger partial charge >= 0.3 is 0 Å². The van der Waals surface area contributed by atoms with Crippen LogP contribution in [0, 0.1) is 17.2 Å². The van der Waals surface area contributed by atoms with Gasteiger partial charge in [0.2, 0.25) is 15.9 Å². The van der Waals surface area contributed by atoms with E-state index in [0.717, 1.165) is 0 Å². The summed E-state index contributed by atoms with van der Waals surface area (Å²) in [6.07, 6.45) is -1.99. The smallest absolute Gasteiger partial charge is 0.291 e. The number of nitrogens with zero attached hydrogens (tertiary/aromatic N) is 7. The molecule has 1 aromatic carbocycles. The average Bonchev–Trinajstić information content (AvgIpc) is 3.35. The Morgan fingerprint density at radius 3 is 2.46 bits per heavy atom. The second-order valence-corrected chi connectivity index (χ2v) is 13.7. The van der Waals surface area contributed by atoms with Crippen LogP contribution in [0.15, 0.2) is 17.0 Å². The van der Waals surface area contributed by atoms with Gasteiger partial charge in [-0.25, -0.2) is 17.2 Å². The maximum atomic E-state index is 13.6. The molecule has 1 amide bonds. The highest BCUT2D eigenvalue weighted by atomic mass is 32.2. The van der Waals surface area contributed by atoms with Crippen molar-refractivity contribution in [3.8, 4) is 16.8 Å². The number of benzene rings is 1. The Morgan fingerprint density at radius 1 is 1.22 bits per heavy atom. The van der Waals surface area contributed by atoms with E-state index < -0.39 is 27.0 Å². The highest BCUT2D eigenvalue weighted by Crippen LogP contribution is 2.41. The van der Waals surface area contributed by atoms with E-state index in [1.54, 1.807) is 17.8 Å². The molecule has 2 saturated heterocycles. The first-order valence-electron chi connectivity index (χ1n) is 13.2. The molecule has 2 bridgehead atoms. The predicted octanol–water partition coefficient (Wildman–Crippen LogP) is 2.44. The molecule has 4 heterocycles. The van der Waals surface area contributed by atoms with E-state index in [1.165, 1.54) is 6.07 Å². The summed E-state index contributed by atoms with van der Waals surface area (Å²) in [6, 6.07) is 4.53. The third kappa shape index (κ3) is 4.84. The molecule has 1 N–H and O–H groups in total. The zero-order valence-corrected chi connectivity index (χ0v) is 24.2. The van der Waals surface area contributed by atoms with Crippen molar-refractivity contribution in [3.05, 3.63) is 17.1 Å². The van der Waals surface area contributed by atoms with Crippen LogP contribution in [0.5, 0.6) is 0 Å². The van der Waals surface area contributed by atoms with Crippen LogP contribution in [0.1, 0.15) is 38.1 Å². The number of carbonyl (C=O) groups excluding carboxylic acids is 1. The van der Waals surface area contributed by atoms with Crippen molar-refractivity contribution in [2.45, 2.75) is 55.6 Å². The number of aromatic nitrogens is 4. The number of rotatable bonds is 7. The third-order valence-corrected chi connectivity index (χ3v) is 10.1. The van der Waals surface area contributed by atoms with Crippen LogP contribution in [0.3, 0.4) is 0 Å². The first-order chi connectivity index (χ1) is 19.4. The Hall–Kier alpha value is -3.26. The number of aryl methyl sites for hydroxylation is 1. The number of morpholine rings is 1. The van der Waals surface area contributed by atoms with Gasteiger partial charge in [0.25, 0.3) is 6.43 Å². The second-order valence-electron chi connectivity index (χ2n) is 11.0. The number of anilines is 1. The van der Waals surface area contributed by atoms with Crippen molar-refractivity contribution in [2.24, 2.45) is 13.0 Å². The quantitative estimate of drug-likeness (QED) is 0.428. The van der Waals surface area contributed by atoms with Gasteiger partial charge in [-0.05, 0) is 25.0 Å². The van der Waals surface area contributed by atoms with E-state index in [0.29, 0.717) is 67.1 Å². The van der Waals surface area contributed by atoms with Crippen LogP contribution in [0.4, 0.5) is 14.5 Å². The van der Waals surface area contributed by atoms with Crippen LogP contribution in [0.2, 0.25) is 0 Å². The Balaban J connectivity index is 1.49. The van der Waals surface area contributed by atoms with Gasteiger partial charge in [0.1, 0.15) is 11.2 Å². The number of piperazine rings is 1. The number of sulfonamides is 1. The zero-order chi connectivity index (χ0) is 29.3. The highest BCUT2D eigenvalue weighted by Gasteiger charge is 2.47. The number of nitrogens with one attached hydrogen (secondary N) is 1. The molecule has 2 aromatic heterocycles. The Labute approximate surface area is 238 Å². The molecule has 0 radical (unpaired) electrons. The first kappa shape index (κ1) is 27.9. The van der Waals surface area contributed by atoms with Gasteiger partial charge in [-0.2, -0.15) is 15.1 Å². The van der Waals surface area contributed by atoms with Crippen molar-refractivity contribution in [3.63, 3.8) is 0 Å². The van der Waals surface area contributed by atoms with Crippen molar-refractivity contribution in [1.82, 2.24) is 29.6 Å². The van der Waals surface area contributed by atoms with Crippen LogP contribution in [-0.4, -0.2) is 83.1 Å². The molecule has 12 nitrogen and oxygen atoms in total. The lowest BCUT2D eigenvalue weighted by Crippen LogP contribution is -2.67. The molecule has 6 rings (SSSR count). The molecule has 218 valence electrons. The van der Waals surface area contributed by atoms with Crippen LogP contribution in [0.25, 0.3) is 21.6 Å². The van der Waals surface area contributed by atoms with Gasteiger partial charge < -0.3 is 14.5 Å². The summed E-state index contributed by atoms with van der Waals surface area (Å²) in [5.74, 6) is -0.149. The number of carbonyl (C=O) groups is 1. The molecule has 2 unspecified atom stereocenters. The number of nitriles is 1. The molecule has 1 saturated carbocycles. The van der Waals surface area contributed by atoms with Crippen molar-refractivity contribution in [2.75, 3.05) is 31.2 Å². The SMILES string of the molecule is CC(C)C(=O)N1C2COCC1CN(c1cc(S(=O)(=O)NC3(C#N)CC3)cc3c(-c4nnc(C(F)F)s4)nn(C)c13)C2. The summed E-state index contributed by atoms with van der Waals surface area (Å²) in [7, 11) is -2.46. The Kier molecular flexibility index (Phi) is 6.76. The van der Waals surface area contributed by atoms with Gasteiger partial charge in [0, 0.05) is 31.4 Å². The van der Waals surface area contributed by atoms with E-state index in [2.05, 4.69) is 20.0 Å². The summed E-state index contributed by atoms with van der Waals surface area (Å²) < 4.78 is 63.7. The molecule has 41 heavy (non-hydrogen) atoms. The summed E-state index contributed by atoms with van der Waals surface area (Å²) in [5.41, 5.74) is 0.215. The topological polar surface area (TPSA) is 146 Å². The lowest BCUT2D eigenvalue weighted by molar-refractivity contribution is -0.150. The molecule has 0 spiro atoms. The lowest BCUT2D eigenvalue weighted by atomic mass is 10.00. The molecule has 3 aromatic rings. The largest absolute Gasteiger partial charge is 0.377 e. The fourth-order valence-corrected chi connectivity index (χ4v) is 7.66. The highest BCUT2D eigenvalue weighted by molar-refractivity contribution is 7.89. The Bertz CT molecular complexity index is 1660. The molecular weight excluding hydrogens is 578 g/mol. The standard InChI is InChI=1S/C25H28F2N8O4S2/c1-13(2)24(36)35-14-8-34(9-15(35)11-39-10-14)18-7-16(41(37,38)32-25(12-28)4-5-25)6-17-19(31-33(3)20(17)18)22-29-30-23(40-22)21(26)27/h6-7,13-15,21,32H,4-5,8-11H2,1-3H3. The fourth-order valence-electron chi connectivity index (χ4n) is 5.54. The molecule has 1 aliphatic carbocycles. The molecule has 3 fully saturated rings. The number of hydrogen-bond acceptors (Lipinski definition) is 10. The first-order valence-corrected chi connectivity index (χ1v) is 15.5. The summed E-state index contributed by atoms with van der Waals surface area (Å²) in [5, 5.41) is 21.6. The van der Waals surface area contributed by atoms with Crippen LogP contribution >= 0.6 is 11.3 Å². The maximum Gasteiger partial charge on any atom is 0.291 e. The number of halogens is 2. The van der Waals surface area contributed by atoms with E-state index >= 15 is 0 Å². The minimum atomic E-state index is -4.15. The van der Waals surface area contributed by atoms with Gasteiger partial charge in [-0.15, -0.1) is 10.2 Å². The zero-order valence-electron chi connectivity index (χ0n) is 22.5. The van der Waals surface area contributed by atoms with E-state index in [1.807, 2.05) is 29.7 Å². The van der Waals surface area contributed by atoms with Crippen molar-refractivity contribution >= 4 is 43.9 Å². The van der Waals surface area contributed by atoms with Gasteiger partial charge in [-0.3, -0.25) is 9.48 Å². The summed E-state index contributed by atoms with van der Waals surface area (Å²) in [4.78, 5) is 16.9. The van der Waals surface area contributed by atoms with Gasteiger partial charge in [-0.1, -0.05) is 25.2 Å². The fraction of sp³-hybridized carbons (Fsp3) is 0.560. The summed E-state index contributed by atoms with van der Waals surface area (Å²) >= 11 is 0.690. The maximum absolute atomic E-state index is 13.6. The number of fused-ring (bicyclic) bond motifs is 3. The Morgan fingerprint density at radius 2 is 1.90 bits per heavy atom. The molecule has 16 heteroatoms. The van der Waals surface area contributed by atoms with E-state index in [-0.39, 0.29) is 39.5 Å². The van der Waals surface area contributed by atoms with Crippen LogP contribution < -0.4 is 9.62 Å². The van der Waals surface area contributed by atoms with E-state index in [4.69, 9.17) is 4.74 Å². The van der Waals surface area contributed by atoms with Crippen LogP contribution in [-0.2, 0) is 26.6 Å². The monoisotopic (exact) mass is 606 g/mol. The van der Waals surface area contributed by atoms with Gasteiger partial charge in [0.05, 0.1) is 47.5 Å². The van der Waals surface area contributed by atoms with Crippen molar-refractivity contribution < 1.29 is 26.7 Å². The normalized spacial score (nSPS) is 22.0. The predicted molar refractivity (Wildman–Crippen MR) is 145 cm³/mol. The number of alkyl halides is 2. The average molecular weight is 607 g/mol. The summed E-state index contributed by atoms with van der Waals surface area (Å²) in [6.45, 7) is 5.17. The number of amides is 1. The third-order valence-electron chi connectivity index (χ3n) is 7.68. The molecule has 2 aliphatic heterocycles.